The van der Waals surface area contributed by atoms with Crippen LogP contribution in [-0.2, 0) is 4.79 Å². The lowest BCUT2D eigenvalue weighted by molar-refractivity contribution is -0.138. The van der Waals surface area contributed by atoms with Crippen LogP contribution < -0.4 is 5.73 Å². The van der Waals surface area contributed by atoms with Gasteiger partial charge in [-0.25, -0.2) is 8.78 Å². The summed E-state index contributed by atoms with van der Waals surface area (Å²) in [5.41, 5.74) is 5.78. The van der Waals surface area contributed by atoms with Crippen molar-refractivity contribution in [2.45, 2.75) is 45.2 Å². The van der Waals surface area contributed by atoms with E-state index in [0.717, 1.165) is 12.5 Å². The fraction of sp³-hybridized carbons (Fsp3) is 0.611. The Balaban J connectivity index is 0.00000312. The Kier molecular flexibility index (Phi) is 7.78. The van der Waals surface area contributed by atoms with Crippen LogP contribution in [0.1, 0.15) is 45.2 Å². The van der Waals surface area contributed by atoms with E-state index >= 15 is 0 Å². The van der Waals surface area contributed by atoms with Crippen molar-refractivity contribution in [3.05, 3.63) is 35.4 Å². The minimum atomic E-state index is -0.828. The molecule has 1 fully saturated rings. The molecule has 142 valence electrons. The molecule has 1 heterocycles. The predicted molar refractivity (Wildman–Crippen MR) is 97.7 cm³/mol. The summed E-state index contributed by atoms with van der Waals surface area (Å²) in [6, 6.07) is 3.52. The van der Waals surface area contributed by atoms with Crippen molar-refractivity contribution in [2.24, 2.45) is 5.73 Å². The van der Waals surface area contributed by atoms with Gasteiger partial charge in [0.25, 0.3) is 0 Å². The summed E-state index contributed by atoms with van der Waals surface area (Å²) in [4.78, 5) is 16.4. The number of carbonyl (C=O) groups is 1. The number of hydrogen-bond donors (Lipinski definition) is 1. The van der Waals surface area contributed by atoms with E-state index in [1.54, 1.807) is 11.8 Å². The van der Waals surface area contributed by atoms with Crippen LogP contribution in [0.4, 0.5) is 8.78 Å². The highest BCUT2D eigenvalue weighted by Crippen LogP contribution is 2.25. The standard InChI is InChI=1S/C18H27F2N3O.ClH/c1-4-7-18(3,21)17(24)23-10-8-22(9-11-23)13(2)15-6-5-14(19)12-16(15)20;/h5-6,12-13H,4,7-11,21H2,1-3H3;1H. The van der Waals surface area contributed by atoms with E-state index in [4.69, 9.17) is 5.73 Å². The van der Waals surface area contributed by atoms with Crippen LogP contribution in [0.3, 0.4) is 0 Å². The van der Waals surface area contributed by atoms with Crippen LogP contribution in [-0.4, -0.2) is 47.4 Å². The fourth-order valence-corrected chi connectivity index (χ4v) is 3.34. The molecule has 0 aromatic heterocycles. The van der Waals surface area contributed by atoms with Gasteiger partial charge in [0.05, 0.1) is 5.54 Å². The third-order valence-electron chi connectivity index (χ3n) is 4.82. The van der Waals surface area contributed by atoms with Crippen molar-refractivity contribution in [1.29, 1.82) is 0 Å². The number of piperazine rings is 1. The quantitative estimate of drug-likeness (QED) is 0.860. The number of nitrogens with two attached hydrogens (primary N) is 1. The Morgan fingerprint density at radius 2 is 1.88 bits per heavy atom. The van der Waals surface area contributed by atoms with E-state index in [0.29, 0.717) is 38.2 Å². The van der Waals surface area contributed by atoms with Gasteiger partial charge in [-0.05, 0) is 26.3 Å². The minimum absolute atomic E-state index is 0. The average molecular weight is 376 g/mol. The molecule has 2 rings (SSSR count). The summed E-state index contributed by atoms with van der Waals surface area (Å²) >= 11 is 0. The monoisotopic (exact) mass is 375 g/mol. The van der Waals surface area contributed by atoms with Gasteiger partial charge in [0.2, 0.25) is 5.91 Å². The molecule has 2 unspecified atom stereocenters. The van der Waals surface area contributed by atoms with Gasteiger partial charge in [-0.3, -0.25) is 9.69 Å². The lowest BCUT2D eigenvalue weighted by atomic mass is 9.95. The maximum atomic E-state index is 14.0. The van der Waals surface area contributed by atoms with Crippen LogP contribution in [0.5, 0.6) is 0 Å². The summed E-state index contributed by atoms with van der Waals surface area (Å²) in [6.45, 7) is 8.12. The largest absolute Gasteiger partial charge is 0.339 e. The molecule has 1 amide bonds. The van der Waals surface area contributed by atoms with Gasteiger partial charge in [0, 0.05) is 43.9 Å². The van der Waals surface area contributed by atoms with Crippen molar-refractivity contribution in [2.75, 3.05) is 26.2 Å². The van der Waals surface area contributed by atoms with E-state index in [-0.39, 0.29) is 24.4 Å². The minimum Gasteiger partial charge on any atom is -0.339 e. The molecule has 1 aliphatic rings. The molecule has 0 spiro atoms. The fourth-order valence-electron chi connectivity index (χ4n) is 3.34. The predicted octanol–water partition coefficient (Wildman–Crippen LogP) is 3.11. The van der Waals surface area contributed by atoms with E-state index < -0.39 is 17.2 Å². The highest BCUT2D eigenvalue weighted by molar-refractivity contribution is 5.86. The van der Waals surface area contributed by atoms with Crippen LogP contribution in [0, 0.1) is 11.6 Å². The SMILES string of the molecule is CCCC(C)(N)C(=O)N1CCN(C(C)c2ccc(F)cc2F)CC1.Cl. The van der Waals surface area contributed by atoms with Crippen molar-refractivity contribution >= 4 is 18.3 Å². The Morgan fingerprint density at radius 1 is 1.28 bits per heavy atom. The molecule has 0 aliphatic carbocycles. The third kappa shape index (κ3) is 5.12. The average Bonchev–Trinajstić information content (AvgIpc) is 2.53. The summed E-state index contributed by atoms with van der Waals surface area (Å²) in [5, 5.41) is 0. The first-order chi connectivity index (χ1) is 11.3. The Labute approximate surface area is 154 Å². The van der Waals surface area contributed by atoms with E-state index in [9.17, 15) is 13.6 Å². The maximum Gasteiger partial charge on any atom is 0.242 e. The summed E-state index contributed by atoms with van der Waals surface area (Å²) in [7, 11) is 0. The number of rotatable bonds is 5. The normalized spacial score (nSPS) is 19.0. The second-order valence-electron chi connectivity index (χ2n) is 6.84. The molecule has 0 radical (unpaired) electrons. The molecule has 1 aromatic rings. The number of carbonyl (C=O) groups excluding carboxylic acids is 1. The molecule has 0 saturated carbocycles. The molecule has 1 aromatic carbocycles. The van der Waals surface area contributed by atoms with E-state index in [2.05, 4.69) is 4.90 Å². The van der Waals surface area contributed by atoms with E-state index in [1.165, 1.54) is 12.1 Å². The van der Waals surface area contributed by atoms with Crippen molar-refractivity contribution < 1.29 is 13.6 Å². The molecule has 2 atom stereocenters. The van der Waals surface area contributed by atoms with Gasteiger partial charge >= 0.3 is 0 Å². The first kappa shape index (κ1) is 21.8. The first-order valence-electron chi connectivity index (χ1n) is 8.53. The Bertz CT molecular complexity index is 590. The number of benzene rings is 1. The lowest BCUT2D eigenvalue weighted by Crippen LogP contribution is -2.58. The van der Waals surface area contributed by atoms with Gasteiger partial charge in [0.15, 0.2) is 0 Å². The van der Waals surface area contributed by atoms with Gasteiger partial charge in [-0.1, -0.05) is 19.4 Å². The molecule has 1 aliphatic heterocycles. The zero-order valence-corrected chi connectivity index (χ0v) is 15.9. The van der Waals surface area contributed by atoms with Crippen molar-refractivity contribution in [3.63, 3.8) is 0 Å². The summed E-state index contributed by atoms with van der Waals surface area (Å²) < 4.78 is 27.0. The molecule has 1 saturated heterocycles. The molecule has 25 heavy (non-hydrogen) atoms. The molecule has 0 bridgehead atoms. The highest BCUT2D eigenvalue weighted by Gasteiger charge is 2.34. The second-order valence-corrected chi connectivity index (χ2v) is 6.84. The number of nitrogens with zero attached hydrogens (tertiary/aromatic N) is 2. The van der Waals surface area contributed by atoms with Crippen molar-refractivity contribution in [1.82, 2.24) is 9.80 Å². The topological polar surface area (TPSA) is 49.6 Å². The smallest absolute Gasteiger partial charge is 0.242 e. The Hall–Kier alpha value is -1.24. The number of amides is 1. The van der Waals surface area contributed by atoms with Crippen LogP contribution in [0.2, 0.25) is 0 Å². The van der Waals surface area contributed by atoms with Crippen LogP contribution in [0.15, 0.2) is 18.2 Å². The number of halogens is 3. The molecule has 2 N–H and O–H groups in total. The van der Waals surface area contributed by atoms with Gasteiger partial charge in [-0.2, -0.15) is 0 Å². The zero-order valence-electron chi connectivity index (χ0n) is 15.1. The second kappa shape index (κ2) is 8.92. The maximum absolute atomic E-state index is 14.0. The third-order valence-corrected chi connectivity index (χ3v) is 4.82. The number of hydrogen-bond acceptors (Lipinski definition) is 3. The van der Waals surface area contributed by atoms with Crippen LogP contribution >= 0.6 is 12.4 Å². The molecule has 4 nitrogen and oxygen atoms in total. The summed E-state index contributed by atoms with van der Waals surface area (Å²) in [6.07, 6.45) is 1.52. The molecule has 7 heteroatoms. The van der Waals surface area contributed by atoms with Crippen molar-refractivity contribution in [3.8, 4) is 0 Å². The lowest BCUT2D eigenvalue weighted by Gasteiger charge is -2.40. The van der Waals surface area contributed by atoms with E-state index in [1.807, 2.05) is 13.8 Å². The Morgan fingerprint density at radius 3 is 2.40 bits per heavy atom. The zero-order chi connectivity index (χ0) is 17.9. The molecular weight excluding hydrogens is 348 g/mol. The summed E-state index contributed by atoms with van der Waals surface area (Å²) in [5.74, 6) is -1.12. The van der Waals surface area contributed by atoms with Gasteiger partial charge in [-0.15, -0.1) is 12.4 Å². The molecular formula is C18H28ClF2N3O. The first-order valence-corrected chi connectivity index (χ1v) is 8.53. The van der Waals surface area contributed by atoms with Crippen LogP contribution in [0.25, 0.3) is 0 Å². The highest BCUT2D eigenvalue weighted by atomic mass is 35.5. The van der Waals surface area contributed by atoms with Gasteiger partial charge < -0.3 is 10.6 Å². The van der Waals surface area contributed by atoms with Gasteiger partial charge in [0.1, 0.15) is 11.6 Å².